The van der Waals surface area contributed by atoms with Crippen LogP contribution in [0, 0.1) is 5.82 Å². The van der Waals surface area contributed by atoms with E-state index in [1.54, 1.807) is 18.2 Å². The Kier molecular flexibility index (Phi) is 2.25. The molecule has 2 rings (SSSR count). The van der Waals surface area contributed by atoms with E-state index < -0.39 is 5.54 Å². The SMILES string of the molecule is CC1(C)C(=O)CCN1c1ccccc1F. The van der Waals surface area contributed by atoms with Crippen molar-refractivity contribution in [2.75, 3.05) is 11.4 Å². The van der Waals surface area contributed by atoms with Crippen molar-refractivity contribution in [1.29, 1.82) is 0 Å². The highest BCUT2D eigenvalue weighted by atomic mass is 19.1. The Hall–Kier alpha value is -1.38. The zero-order chi connectivity index (χ0) is 11.1. The molecular formula is C12H14FNO. The first-order valence-electron chi connectivity index (χ1n) is 5.09. The van der Waals surface area contributed by atoms with Crippen LogP contribution in [-0.2, 0) is 4.79 Å². The molecule has 80 valence electrons. The van der Waals surface area contributed by atoms with Gasteiger partial charge in [0, 0.05) is 13.0 Å². The maximum absolute atomic E-state index is 13.6. The van der Waals surface area contributed by atoms with E-state index in [2.05, 4.69) is 0 Å². The molecule has 1 fully saturated rings. The van der Waals surface area contributed by atoms with Gasteiger partial charge in [-0.2, -0.15) is 0 Å². The topological polar surface area (TPSA) is 20.3 Å². The van der Waals surface area contributed by atoms with Gasteiger partial charge in [0.25, 0.3) is 0 Å². The van der Waals surface area contributed by atoms with Crippen molar-refractivity contribution < 1.29 is 9.18 Å². The van der Waals surface area contributed by atoms with E-state index >= 15 is 0 Å². The van der Waals surface area contributed by atoms with Crippen molar-refractivity contribution in [2.24, 2.45) is 0 Å². The van der Waals surface area contributed by atoms with Gasteiger partial charge in [-0.1, -0.05) is 12.1 Å². The van der Waals surface area contributed by atoms with E-state index in [0.29, 0.717) is 18.7 Å². The van der Waals surface area contributed by atoms with E-state index in [4.69, 9.17) is 0 Å². The van der Waals surface area contributed by atoms with Crippen molar-refractivity contribution in [3.8, 4) is 0 Å². The van der Waals surface area contributed by atoms with Crippen LogP contribution in [0.5, 0.6) is 0 Å². The van der Waals surface area contributed by atoms with Crippen molar-refractivity contribution in [3.05, 3.63) is 30.1 Å². The second-order valence-electron chi connectivity index (χ2n) is 4.34. The highest BCUT2D eigenvalue weighted by Crippen LogP contribution is 2.32. The van der Waals surface area contributed by atoms with Gasteiger partial charge in [0.05, 0.1) is 11.2 Å². The molecular weight excluding hydrogens is 193 g/mol. The standard InChI is InChI=1S/C12H14FNO/c1-12(2)11(15)7-8-14(12)10-6-4-3-5-9(10)13/h3-6H,7-8H2,1-2H3. The average molecular weight is 207 g/mol. The number of para-hydroxylation sites is 1. The van der Waals surface area contributed by atoms with Crippen LogP contribution in [0.15, 0.2) is 24.3 Å². The van der Waals surface area contributed by atoms with Gasteiger partial charge in [0.2, 0.25) is 0 Å². The van der Waals surface area contributed by atoms with E-state index in [1.807, 2.05) is 18.7 Å². The van der Waals surface area contributed by atoms with Gasteiger partial charge in [-0.25, -0.2) is 4.39 Å². The number of benzene rings is 1. The second-order valence-corrected chi connectivity index (χ2v) is 4.34. The number of carbonyl (C=O) groups excluding carboxylic acids is 1. The summed E-state index contributed by atoms with van der Waals surface area (Å²) in [6, 6.07) is 6.59. The predicted molar refractivity (Wildman–Crippen MR) is 57.4 cm³/mol. The van der Waals surface area contributed by atoms with Crippen LogP contribution >= 0.6 is 0 Å². The third-order valence-corrected chi connectivity index (χ3v) is 3.06. The molecule has 1 aliphatic heterocycles. The first-order valence-corrected chi connectivity index (χ1v) is 5.09. The van der Waals surface area contributed by atoms with E-state index in [0.717, 1.165) is 0 Å². The fourth-order valence-electron chi connectivity index (χ4n) is 2.04. The number of hydrogen-bond acceptors (Lipinski definition) is 2. The van der Waals surface area contributed by atoms with Gasteiger partial charge < -0.3 is 4.90 Å². The number of ketones is 1. The minimum atomic E-state index is -0.581. The molecule has 0 spiro atoms. The van der Waals surface area contributed by atoms with E-state index in [1.165, 1.54) is 6.07 Å². The molecule has 0 saturated carbocycles. The van der Waals surface area contributed by atoms with Crippen LogP contribution in [0.1, 0.15) is 20.3 Å². The predicted octanol–water partition coefficient (Wildman–Crippen LogP) is 2.38. The van der Waals surface area contributed by atoms with Crippen LogP contribution in [0.4, 0.5) is 10.1 Å². The lowest BCUT2D eigenvalue weighted by molar-refractivity contribution is -0.120. The van der Waals surface area contributed by atoms with Crippen molar-refractivity contribution in [1.82, 2.24) is 0 Å². The van der Waals surface area contributed by atoms with Gasteiger partial charge in [-0.3, -0.25) is 4.79 Å². The molecule has 1 aliphatic rings. The Morgan fingerprint density at radius 2 is 2.00 bits per heavy atom. The zero-order valence-electron chi connectivity index (χ0n) is 8.96. The molecule has 2 nitrogen and oxygen atoms in total. The summed E-state index contributed by atoms with van der Waals surface area (Å²) in [5, 5.41) is 0. The normalized spacial score (nSPS) is 19.7. The summed E-state index contributed by atoms with van der Waals surface area (Å²) in [4.78, 5) is 13.5. The smallest absolute Gasteiger partial charge is 0.159 e. The third-order valence-electron chi connectivity index (χ3n) is 3.06. The molecule has 0 unspecified atom stereocenters. The molecule has 1 heterocycles. The number of halogens is 1. The lowest BCUT2D eigenvalue weighted by Gasteiger charge is -2.32. The van der Waals surface area contributed by atoms with E-state index in [-0.39, 0.29) is 11.6 Å². The van der Waals surface area contributed by atoms with Crippen LogP contribution in [0.2, 0.25) is 0 Å². The van der Waals surface area contributed by atoms with Gasteiger partial charge in [0.15, 0.2) is 5.78 Å². The lowest BCUT2D eigenvalue weighted by atomic mass is 10.00. The molecule has 0 atom stereocenters. The average Bonchev–Trinajstić information content (AvgIpc) is 2.44. The van der Waals surface area contributed by atoms with Gasteiger partial charge in [-0.15, -0.1) is 0 Å². The number of rotatable bonds is 1. The summed E-state index contributed by atoms with van der Waals surface area (Å²) in [5.74, 6) is -0.0916. The monoisotopic (exact) mass is 207 g/mol. The molecule has 0 aromatic heterocycles. The summed E-state index contributed by atoms with van der Waals surface area (Å²) in [7, 11) is 0. The zero-order valence-corrected chi connectivity index (χ0v) is 8.96. The number of nitrogens with zero attached hydrogens (tertiary/aromatic N) is 1. The van der Waals surface area contributed by atoms with Crippen LogP contribution in [0.25, 0.3) is 0 Å². The van der Waals surface area contributed by atoms with Gasteiger partial charge >= 0.3 is 0 Å². The summed E-state index contributed by atoms with van der Waals surface area (Å²) in [6.45, 7) is 4.29. The van der Waals surface area contributed by atoms with E-state index in [9.17, 15) is 9.18 Å². The third kappa shape index (κ3) is 1.52. The number of carbonyl (C=O) groups is 1. The first-order chi connectivity index (χ1) is 7.03. The Labute approximate surface area is 88.7 Å². The molecule has 1 aromatic carbocycles. The minimum absolute atomic E-state index is 0.172. The molecule has 1 aromatic rings. The summed E-state index contributed by atoms with van der Waals surface area (Å²) in [5.41, 5.74) is -0.0595. The van der Waals surface area contributed by atoms with Crippen LogP contribution in [0.3, 0.4) is 0 Å². The Balaban J connectivity index is 2.41. The van der Waals surface area contributed by atoms with Crippen molar-refractivity contribution >= 4 is 11.5 Å². The highest BCUT2D eigenvalue weighted by molar-refractivity contribution is 5.94. The number of Topliss-reactive ketones (excluding diaryl/α,β-unsaturated/α-hetero) is 1. The lowest BCUT2D eigenvalue weighted by Crippen LogP contribution is -2.43. The molecule has 0 amide bonds. The largest absolute Gasteiger partial charge is 0.357 e. The quantitative estimate of drug-likeness (QED) is 0.704. The number of hydrogen-bond donors (Lipinski definition) is 0. The fraction of sp³-hybridized carbons (Fsp3) is 0.417. The Bertz CT molecular complexity index is 400. The van der Waals surface area contributed by atoms with Crippen molar-refractivity contribution in [2.45, 2.75) is 25.8 Å². The summed E-state index contributed by atoms with van der Waals surface area (Å²) < 4.78 is 13.6. The molecule has 0 aliphatic carbocycles. The summed E-state index contributed by atoms with van der Waals surface area (Å²) in [6.07, 6.45) is 0.501. The Morgan fingerprint density at radius 1 is 1.33 bits per heavy atom. The molecule has 1 saturated heterocycles. The second kappa shape index (κ2) is 3.33. The van der Waals surface area contributed by atoms with Gasteiger partial charge in [-0.05, 0) is 26.0 Å². The van der Waals surface area contributed by atoms with Crippen LogP contribution in [-0.4, -0.2) is 17.9 Å². The minimum Gasteiger partial charge on any atom is -0.357 e. The van der Waals surface area contributed by atoms with Crippen LogP contribution < -0.4 is 4.90 Å². The summed E-state index contributed by atoms with van der Waals surface area (Å²) >= 11 is 0. The molecule has 3 heteroatoms. The van der Waals surface area contributed by atoms with Crippen molar-refractivity contribution in [3.63, 3.8) is 0 Å². The Morgan fingerprint density at radius 3 is 2.53 bits per heavy atom. The van der Waals surface area contributed by atoms with Gasteiger partial charge in [0.1, 0.15) is 5.82 Å². The molecule has 0 N–H and O–H groups in total. The highest BCUT2D eigenvalue weighted by Gasteiger charge is 2.40. The molecule has 0 radical (unpaired) electrons. The number of anilines is 1. The fourth-order valence-corrected chi connectivity index (χ4v) is 2.04. The maximum Gasteiger partial charge on any atom is 0.159 e. The maximum atomic E-state index is 13.6. The molecule has 0 bridgehead atoms. The first kappa shape index (κ1) is 10.1. The molecule has 15 heavy (non-hydrogen) atoms.